The molecule has 0 saturated carbocycles. The van der Waals surface area contributed by atoms with E-state index < -0.39 is 0 Å². The van der Waals surface area contributed by atoms with Crippen LogP contribution in [-0.4, -0.2) is 6.54 Å². The molecule has 3 heteroatoms. The largest absolute Gasteiger partial charge is 0.457 e. The number of ether oxygens (including phenoxy) is 1. The summed E-state index contributed by atoms with van der Waals surface area (Å²) in [6.45, 7) is 1.12. The molecule has 1 saturated heterocycles. The molecule has 2 aromatic carbocycles. The lowest BCUT2D eigenvalue weighted by atomic mass is 10.1. The van der Waals surface area contributed by atoms with E-state index >= 15 is 0 Å². The van der Waals surface area contributed by atoms with Crippen LogP contribution < -0.4 is 10.1 Å². The van der Waals surface area contributed by atoms with Crippen LogP contribution in [-0.2, 0) is 0 Å². The summed E-state index contributed by atoms with van der Waals surface area (Å²) in [6.07, 6.45) is 2.48. The molecule has 1 aliphatic rings. The number of hydrogen-bond donors (Lipinski definition) is 1. The van der Waals surface area contributed by atoms with E-state index in [4.69, 9.17) is 4.74 Å². The van der Waals surface area contributed by atoms with Gasteiger partial charge in [-0.05, 0) is 49.2 Å². The van der Waals surface area contributed by atoms with Gasteiger partial charge in [0.2, 0.25) is 0 Å². The summed E-state index contributed by atoms with van der Waals surface area (Å²) in [7, 11) is 0. The third-order valence-electron chi connectivity index (χ3n) is 3.30. The van der Waals surface area contributed by atoms with Gasteiger partial charge >= 0.3 is 0 Å². The predicted octanol–water partition coefficient (Wildman–Crippen LogP) is 4.33. The Morgan fingerprint density at radius 2 is 1.74 bits per heavy atom. The van der Waals surface area contributed by atoms with Crippen molar-refractivity contribution in [2.75, 3.05) is 6.54 Å². The zero-order chi connectivity index (χ0) is 12.2. The van der Waals surface area contributed by atoms with Gasteiger partial charge in [-0.25, -0.2) is 0 Å². The van der Waals surface area contributed by atoms with E-state index in [0.717, 1.165) is 18.0 Å². The summed E-state index contributed by atoms with van der Waals surface area (Å²) in [4.78, 5) is 0. The zero-order valence-corrected chi connectivity index (χ0v) is 11.5. The van der Waals surface area contributed by atoms with Crippen LogP contribution in [0.3, 0.4) is 0 Å². The number of para-hydroxylation sites is 1. The van der Waals surface area contributed by atoms with Gasteiger partial charge in [0.15, 0.2) is 0 Å². The van der Waals surface area contributed by atoms with E-state index in [2.05, 4.69) is 23.5 Å². The van der Waals surface area contributed by atoms with Gasteiger partial charge < -0.3 is 10.1 Å². The fourth-order valence-corrected chi connectivity index (χ4v) is 2.39. The third kappa shape index (κ3) is 3.49. The monoisotopic (exact) mass is 275 g/mol. The van der Waals surface area contributed by atoms with Crippen molar-refractivity contribution >= 4 is 12.4 Å². The first kappa shape index (κ1) is 13.9. The molecule has 2 nitrogen and oxygen atoms in total. The molecule has 0 radical (unpaired) electrons. The van der Waals surface area contributed by atoms with E-state index in [1.165, 1.54) is 18.4 Å². The molecule has 0 amide bonds. The molecular formula is C16H18ClNO. The van der Waals surface area contributed by atoms with Crippen LogP contribution in [0.2, 0.25) is 0 Å². The van der Waals surface area contributed by atoms with E-state index in [1.807, 2.05) is 36.4 Å². The second-order valence-corrected chi connectivity index (χ2v) is 4.64. The average molecular weight is 276 g/mol. The molecular weight excluding hydrogens is 258 g/mol. The Balaban J connectivity index is 0.00000133. The average Bonchev–Trinajstić information content (AvgIpc) is 2.94. The first-order chi connectivity index (χ1) is 8.92. The quantitative estimate of drug-likeness (QED) is 0.900. The Bertz CT molecular complexity index is 509. The first-order valence-electron chi connectivity index (χ1n) is 6.48. The molecule has 0 bridgehead atoms. The standard InChI is InChI=1S/C16H17NO.ClH/c1-2-7-14(8-3-1)18-15-9-4-6-13(12-15)16-10-5-11-17-16;/h1-4,6-9,12,16-17H,5,10-11H2;1H. The van der Waals surface area contributed by atoms with Crippen molar-refractivity contribution in [2.24, 2.45) is 0 Å². The van der Waals surface area contributed by atoms with Gasteiger partial charge in [0, 0.05) is 6.04 Å². The van der Waals surface area contributed by atoms with Gasteiger partial charge in [0.25, 0.3) is 0 Å². The van der Waals surface area contributed by atoms with Crippen LogP contribution in [0.5, 0.6) is 11.5 Å². The molecule has 1 atom stereocenters. The highest BCUT2D eigenvalue weighted by molar-refractivity contribution is 5.85. The highest BCUT2D eigenvalue weighted by atomic mass is 35.5. The molecule has 0 spiro atoms. The lowest BCUT2D eigenvalue weighted by Gasteiger charge is -2.12. The van der Waals surface area contributed by atoms with Crippen molar-refractivity contribution in [1.82, 2.24) is 5.32 Å². The van der Waals surface area contributed by atoms with Gasteiger partial charge in [-0.1, -0.05) is 30.3 Å². The van der Waals surface area contributed by atoms with E-state index in [9.17, 15) is 0 Å². The summed E-state index contributed by atoms with van der Waals surface area (Å²) >= 11 is 0. The Morgan fingerprint density at radius 1 is 0.947 bits per heavy atom. The maximum atomic E-state index is 5.85. The molecule has 0 aromatic heterocycles. The van der Waals surface area contributed by atoms with Crippen molar-refractivity contribution < 1.29 is 4.74 Å². The topological polar surface area (TPSA) is 21.3 Å². The summed E-state index contributed by atoms with van der Waals surface area (Å²) in [5.74, 6) is 1.79. The molecule has 19 heavy (non-hydrogen) atoms. The second kappa shape index (κ2) is 6.60. The lowest BCUT2D eigenvalue weighted by molar-refractivity contribution is 0.480. The highest BCUT2D eigenvalue weighted by Crippen LogP contribution is 2.28. The van der Waals surface area contributed by atoms with E-state index in [-0.39, 0.29) is 12.4 Å². The molecule has 0 aliphatic carbocycles. The van der Waals surface area contributed by atoms with Crippen molar-refractivity contribution in [3.05, 3.63) is 60.2 Å². The lowest BCUT2D eigenvalue weighted by Crippen LogP contribution is -2.12. The normalized spacial score (nSPS) is 17.8. The summed E-state index contributed by atoms with van der Waals surface area (Å²) in [6, 6.07) is 18.8. The summed E-state index contributed by atoms with van der Waals surface area (Å²) in [5.41, 5.74) is 1.32. The summed E-state index contributed by atoms with van der Waals surface area (Å²) < 4.78 is 5.85. The fraction of sp³-hybridized carbons (Fsp3) is 0.250. The molecule has 100 valence electrons. The number of rotatable bonds is 3. The molecule has 2 aromatic rings. The molecule has 1 fully saturated rings. The smallest absolute Gasteiger partial charge is 0.127 e. The highest BCUT2D eigenvalue weighted by Gasteiger charge is 2.16. The molecule has 1 aliphatic heterocycles. The van der Waals surface area contributed by atoms with Crippen molar-refractivity contribution in [1.29, 1.82) is 0 Å². The Morgan fingerprint density at radius 3 is 2.47 bits per heavy atom. The van der Waals surface area contributed by atoms with Crippen molar-refractivity contribution in [3.8, 4) is 11.5 Å². The fourth-order valence-electron chi connectivity index (χ4n) is 2.39. The summed E-state index contributed by atoms with van der Waals surface area (Å²) in [5, 5.41) is 3.51. The Hall–Kier alpha value is -1.51. The van der Waals surface area contributed by atoms with Crippen LogP contribution in [0, 0.1) is 0 Å². The molecule has 1 N–H and O–H groups in total. The van der Waals surface area contributed by atoms with Gasteiger partial charge in [-0.15, -0.1) is 12.4 Å². The van der Waals surface area contributed by atoms with Gasteiger partial charge in [0.1, 0.15) is 11.5 Å². The molecule has 1 unspecified atom stereocenters. The van der Waals surface area contributed by atoms with Crippen molar-refractivity contribution in [2.45, 2.75) is 18.9 Å². The van der Waals surface area contributed by atoms with Crippen LogP contribution in [0.4, 0.5) is 0 Å². The van der Waals surface area contributed by atoms with Crippen LogP contribution >= 0.6 is 12.4 Å². The maximum Gasteiger partial charge on any atom is 0.127 e. The third-order valence-corrected chi connectivity index (χ3v) is 3.30. The zero-order valence-electron chi connectivity index (χ0n) is 10.7. The van der Waals surface area contributed by atoms with Crippen molar-refractivity contribution in [3.63, 3.8) is 0 Å². The Labute approximate surface area is 120 Å². The van der Waals surface area contributed by atoms with Gasteiger partial charge in [0.05, 0.1) is 0 Å². The minimum absolute atomic E-state index is 0. The maximum absolute atomic E-state index is 5.85. The minimum atomic E-state index is 0. The Kier molecular flexibility index (Phi) is 4.83. The second-order valence-electron chi connectivity index (χ2n) is 4.64. The number of benzene rings is 2. The van der Waals surface area contributed by atoms with E-state index in [1.54, 1.807) is 0 Å². The number of halogens is 1. The van der Waals surface area contributed by atoms with Crippen LogP contribution in [0.15, 0.2) is 54.6 Å². The minimum Gasteiger partial charge on any atom is -0.457 e. The van der Waals surface area contributed by atoms with Crippen LogP contribution in [0.25, 0.3) is 0 Å². The van der Waals surface area contributed by atoms with Gasteiger partial charge in [-0.3, -0.25) is 0 Å². The SMILES string of the molecule is Cl.c1ccc(Oc2cccc(C3CCCN3)c2)cc1. The number of hydrogen-bond acceptors (Lipinski definition) is 2. The predicted molar refractivity (Wildman–Crippen MR) is 80.2 cm³/mol. The molecule has 3 rings (SSSR count). The first-order valence-corrected chi connectivity index (χ1v) is 6.48. The van der Waals surface area contributed by atoms with Gasteiger partial charge in [-0.2, -0.15) is 0 Å². The molecule has 1 heterocycles. The van der Waals surface area contributed by atoms with Crippen LogP contribution in [0.1, 0.15) is 24.4 Å². The number of nitrogens with one attached hydrogen (secondary N) is 1. The van der Waals surface area contributed by atoms with E-state index in [0.29, 0.717) is 6.04 Å².